The Hall–Kier alpha value is -3.37. The molecule has 0 radical (unpaired) electrons. The zero-order valence-electron chi connectivity index (χ0n) is 17.1. The summed E-state index contributed by atoms with van der Waals surface area (Å²) in [6.45, 7) is 0. The van der Waals surface area contributed by atoms with Crippen LogP contribution >= 0.6 is 23.1 Å². The molecule has 1 unspecified atom stereocenters. The summed E-state index contributed by atoms with van der Waals surface area (Å²) in [4.78, 5) is 14.3. The van der Waals surface area contributed by atoms with E-state index in [1.807, 2.05) is 58.5 Å². The maximum absolute atomic E-state index is 13.2. The van der Waals surface area contributed by atoms with Crippen LogP contribution in [0.5, 0.6) is 5.75 Å². The molecular weight excluding hydrogens is 446 g/mol. The fraction of sp³-hybridized carbons (Fsp3) is 0.182. The van der Waals surface area contributed by atoms with E-state index in [9.17, 15) is 4.79 Å². The van der Waals surface area contributed by atoms with Gasteiger partial charge in [0, 0.05) is 6.42 Å². The second-order valence-electron chi connectivity index (χ2n) is 6.94. The zero-order chi connectivity index (χ0) is 21.9. The summed E-state index contributed by atoms with van der Waals surface area (Å²) < 4.78 is 12.9. The lowest BCUT2D eigenvalue weighted by atomic mass is 10.1. The van der Waals surface area contributed by atoms with Gasteiger partial charge in [-0.05, 0) is 35.7 Å². The van der Waals surface area contributed by atoms with E-state index in [1.165, 1.54) is 16.8 Å². The van der Waals surface area contributed by atoms with Crippen LogP contribution in [0.15, 0.2) is 81.2 Å². The molecule has 10 heteroatoms. The van der Waals surface area contributed by atoms with E-state index >= 15 is 0 Å². The van der Waals surface area contributed by atoms with Crippen LogP contribution in [0.1, 0.15) is 23.1 Å². The largest absolute Gasteiger partial charge is 0.495 e. The lowest BCUT2D eigenvalue weighted by molar-refractivity contribution is -0.130. The fourth-order valence-electron chi connectivity index (χ4n) is 3.54. The van der Waals surface area contributed by atoms with Gasteiger partial charge in [-0.2, -0.15) is 5.10 Å². The van der Waals surface area contributed by atoms with E-state index in [-0.39, 0.29) is 17.7 Å². The molecule has 0 spiro atoms. The number of carbonyl (C=O) groups is 1. The highest BCUT2D eigenvalue weighted by Crippen LogP contribution is 2.35. The summed E-state index contributed by atoms with van der Waals surface area (Å²) in [5, 5.41) is 17.0. The normalized spacial score (nSPS) is 15.7. The zero-order valence-corrected chi connectivity index (χ0v) is 18.8. The molecule has 4 aromatic rings. The molecule has 4 heterocycles. The van der Waals surface area contributed by atoms with Gasteiger partial charge in [-0.25, -0.2) is 5.01 Å². The summed E-state index contributed by atoms with van der Waals surface area (Å²) in [6.07, 6.45) is 3.84. The highest BCUT2D eigenvalue weighted by Gasteiger charge is 2.35. The Kier molecular flexibility index (Phi) is 5.78. The predicted molar refractivity (Wildman–Crippen MR) is 122 cm³/mol. The number of furan rings is 1. The van der Waals surface area contributed by atoms with Gasteiger partial charge >= 0.3 is 0 Å². The molecule has 8 nitrogen and oxygen atoms in total. The summed E-state index contributed by atoms with van der Waals surface area (Å²) in [5.74, 6) is 1.45. The Morgan fingerprint density at radius 3 is 2.94 bits per heavy atom. The van der Waals surface area contributed by atoms with Gasteiger partial charge in [-0.1, -0.05) is 30.0 Å². The SMILES string of the molecule is COc1ccccc1-n1cnnc1SCC(=O)N1N=C(c2cccs2)CC1c1ccco1. The Morgan fingerprint density at radius 1 is 1.25 bits per heavy atom. The Labute approximate surface area is 192 Å². The molecular formula is C22H19N5O3S2. The Balaban J connectivity index is 1.36. The quantitative estimate of drug-likeness (QED) is 0.376. The highest BCUT2D eigenvalue weighted by atomic mass is 32.2. The minimum absolute atomic E-state index is 0.127. The minimum atomic E-state index is -0.262. The van der Waals surface area contributed by atoms with Gasteiger partial charge in [-0.15, -0.1) is 21.5 Å². The van der Waals surface area contributed by atoms with Crippen LogP contribution in [0.2, 0.25) is 0 Å². The van der Waals surface area contributed by atoms with E-state index in [4.69, 9.17) is 9.15 Å². The van der Waals surface area contributed by atoms with Gasteiger partial charge in [0.2, 0.25) is 0 Å². The number of ether oxygens (including phenoxy) is 1. The number of amides is 1. The highest BCUT2D eigenvalue weighted by molar-refractivity contribution is 7.99. The van der Waals surface area contributed by atoms with E-state index in [0.29, 0.717) is 17.3 Å². The lowest BCUT2D eigenvalue weighted by Gasteiger charge is -2.19. The van der Waals surface area contributed by atoms with Crippen molar-refractivity contribution in [1.82, 2.24) is 19.8 Å². The third kappa shape index (κ3) is 3.94. The first-order valence-electron chi connectivity index (χ1n) is 9.87. The van der Waals surface area contributed by atoms with Crippen LogP contribution in [-0.4, -0.2) is 44.3 Å². The number of nitrogens with zero attached hydrogens (tertiary/aromatic N) is 5. The molecule has 1 aromatic carbocycles. The van der Waals surface area contributed by atoms with Crippen molar-refractivity contribution in [1.29, 1.82) is 0 Å². The van der Waals surface area contributed by atoms with Crippen molar-refractivity contribution in [3.63, 3.8) is 0 Å². The number of hydrogen-bond acceptors (Lipinski definition) is 8. The van der Waals surface area contributed by atoms with Crippen LogP contribution in [-0.2, 0) is 4.79 Å². The average molecular weight is 466 g/mol. The maximum Gasteiger partial charge on any atom is 0.253 e. The Morgan fingerprint density at radius 2 is 2.16 bits per heavy atom. The third-order valence-electron chi connectivity index (χ3n) is 5.03. The van der Waals surface area contributed by atoms with Crippen LogP contribution in [0.4, 0.5) is 0 Å². The van der Waals surface area contributed by atoms with E-state index in [2.05, 4.69) is 15.3 Å². The van der Waals surface area contributed by atoms with Gasteiger partial charge in [0.15, 0.2) is 5.16 Å². The molecule has 5 rings (SSSR count). The number of hydrogen-bond donors (Lipinski definition) is 0. The molecule has 1 amide bonds. The first-order chi connectivity index (χ1) is 15.7. The van der Waals surface area contributed by atoms with Crippen LogP contribution in [0.3, 0.4) is 0 Å². The summed E-state index contributed by atoms with van der Waals surface area (Å²) >= 11 is 2.92. The number of methoxy groups -OCH3 is 1. The van der Waals surface area contributed by atoms with Gasteiger partial charge in [0.05, 0.1) is 35.4 Å². The third-order valence-corrected chi connectivity index (χ3v) is 6.88. The van der Waals surface area contributed by atoms with Crippen molar-refractivity contribution in [2.24, 2.45) is 5.10 Å². The van der Waals surface area contributed by atoms with Crippen molar-refractivity contribution in [2.45, 2.75) is 17.6 Å². The number of thiophene rings is 1. The van der Waals surface area contributed by atoms with Gasteiger partial charge < -0.3 is 9.15 Å². The number of aromatic nitrogens is 3. The number of thioether (sulfide) groups is 1. The first-order valence-corrected chi connectivity index (χ1v) is 11.7. The maximum atomic E-state index is 13.2. The van der Waals surface area contributed by atoms with Crippen molar-refractivity contribution in [3.05, 3.63) is 77.1 Å². The van der Waals surface area contributed by atoms with Crippen LogP contribution in [0, 0.1) is 0 Å². The fourth-order valence-corrected chi connectivity index (χ4v) is 5.04. The summed E-state index contributed by atoms with van der Waals surface area (Å²) in [5.41, 5.74) is 1.69. The number of carbonyl (C=O) groups excluding carboxylic acids is 1. The second-order valence-corrected chi connectivity index (χ2v) is 8.83. The number of para-hydroxylation sites is 2. The molecule has 162 valence electrons. The molecule has 3 aromatic heterocycles. The number of rotatable bonds is 7. The van der Waals surface area contributed by atoms with Crippen LogP contribution in [0.25, 0.3) is 5.69 Å². The van der Waals surface area contributed by atoms with Gasteiger partial charge in [0.1, 0.15) is 23.9 Å². The molecule has 1 atom stereocenters. The monoisotopic (exact) mass is 465 g/mol. The molecule has 0 aliphatic carbocycles. The van der Waals surface area contributed by atoms with Gasteiger partial charge in [-0.3, -0.25) is 9.36 Å². The molecule has 1 aliphatic rings. The smallest absolute Gasteiger partial charge is 0.253 e. The number of benzene rings is 1. The topological polar surface area (TPSA) is 85.8 Å². The first kappa shape index (κ1) is 20.5. The lowest BCUT2D eigenvalue weighted by Crippen LogP contribution is -2.28. The Bertz CT molecular complexity index is 1230. The van der Waals surface area contributed by atoms with E-state index < -0.39 is 0 Å². The summed E-state index contributed by atoms with van der Waals surface area (Å²) in [6, 6.07) is 15.0. The van der Waals surface area contributed by atoms with Crippen LogP contribution < -0.4 is 4.74 Å². The second kappa shape index (κ2) is 9.01. The molecule has 32 heavy (non-hydrogen) atoms. The molecule has 1 aliphatic heterocycles. The minimum Gasteiger partial charge on any atom is -0.495 e. The summed E-state index contributed by atoms with van der Waals surface area (Å²) in [7, 11) is 1.62. The van der Waals surface area contributed by atoms with Gasteiger partial charge in [0.25, 0.3) is 5.91 Å². The molecule has 0 saturated carbocycles. The van der Waals surface area contributed by atoms with Crippen molar-refractivity contribution in [3.8, 4) is 11.4 Å². The average Bonchev–Trinajstić information content (AvgIpc) is 3.63. The van der Waals surface area contributed by atoms with E-state index in [1.54, 1.807) is 31.0 Å². The van der Waals surface area contributed by atoms with E-state index in [0.717, 1.165) is 22.0 Å². The molecule has 0 saturated heterocycles. The standard InChI is InChI=1S/C22H19N5O3S2/c1-29-18-7-3-2-6-16(18)26-14-23-24-22(26)32-13-21(28)27-17(19-8-4-10-30-19)12-15(25-27)20-9-5-11-31-20/h2-11,14,17H,12-13H2,1H3. The molecule has 0 N–H and O–H groups in total. The van der Waals surface area contributed by atoms with Crippen molar-refractivity contribution >= 4 is 34.7 Å². The van der Waals surface area contributed by atoms with Crippen molar-refractivity contribution in [2.75, 3.05) is 12.9 Å². The van der Waals surface area contributed by atoms with Crippen molar-refractivity contribution < 1.29 is 13.9 Å². The molecule has 0 fully saturated rings. The number of hydrazone groups is 1. The predicted octanol–water partition coefficient (Wildman–Crippen LogP) is 4.40. The molecule has 0 bridgehead atoms.